The van der Waals surface area contributed by atoms with Crippen LogP contribution in [0, 0.1) is 22.7 Å². The summed E-state index contributed by atoms with van der Waals surface area (Å²) in [5.41, 5.74) is 0.965. The van der Waals surface area contributed by atoms with Crippen LogP contribution in [0.2, 0.25) is 5.02 Å². The van der Waals surface area contributed by atoms with E-state index < -0.39 is 12.1 Å². The number of hydrogen-bond donors (Lipinski definition) is 3. The highest BCUT2D eigenvalue weighted by Gasteiger charge is 2.49. The Morgan fingerprint density at radius 2 is 2.11 bits per heavy atom. The molecule has 37 heavy (non-hydrogen) atoms. The summed E-state index contributed by atoms with van der Waals surface area (Å²) in [7, 11) is 1.54. The number of methoxy groups -OCH3 is 1. The van der Waals surface area contributed by atoms with Crippen LogP contribution in [0.15, 0.2) is 18.2 Å². The molecule has 5 rings (SSSR count). The van der Waals surface area contributed by atoms with E-state index in [9.17, 15) is 19.6 Å². The highest BCUT2D eigenvalue weighted by Crippen LogP contribution is 2.47. The van der Waals surface area contributed by atoms with E-state index in [0.717, 1.165) is 32.1 Å². The lowest BCUT2D eigenvalue weighted by Gasteiger charge is -2.32. The number of benzene rings is 1. The van der Waals surface area contributed by atoms with Crippen LogP contribution in [0.5, 0.6) is 5.75 Å². The summed E-state index contributed by atoms with van der Waals surface area (Å²) in [6.45, 7) is 1.09. The van der Waals surface area contributed by atoms with Crippen molar-refractivity contribution in [3.63, 3.8) is 0 Å². The molecule has 0 bridgehead atoms. The normalized spacial score (nSPS) is 23.6. The topological polar surface area (TPSA) is 127 Å². The van der Waals surface area contributed by atoms with E-state index in [1.165, 1.54) is 7.11 Å². The van der Waals surface area contributed by atoms with Crippen LogP contribution in [0.25, 0.3) is 10.9 Å². The minimum absolute atomic E-state index is 0.0811. The number of hydrogen-bond acceptors (Lipinski definition) is 5. The molecule has 3 fully saturated rings. The van der Waals surface area contributed by atoms with E-state index in [4.69, 9.17) is 16.3 Å². The van der Waals surface area contributed by atoms with E-state index in [1.807, 2.05) is 6.07 Å². The zero-order chi connectivity index (χ0) is 26.2. The maximum absolute atomic E-state index is 13.8. The van der Waals surface area contributed by atoms with Crippen molar-refractivity contribution < 1.29 is 19.1 Å². The summed E-state index contributed by atoms with van der Waals surface area (Å²) in [6, 6.07) is 5.92. The van der Waals surface area contributed by atoms with Crippen LogP contribution >= 0.6 is 11.6 Å². The quantitative estimate of drug-likeness (QED) is 0.531. The maximum atomic E-state index is 13.8. The second kappa shape index (κ2) is 10.3. The molecule has 3 aliphatic rings. The first kappa shape index (κ1) is 25.4. The molecule has 3 amide bonds. The van der Waals surface area contributed by atoms with Crippen molar-refractivity contribution in [3.05, 3.63) is 28.9 Å². The molecule has 9 nitrogen and oxygen atoms in total. The van der Waals surface area contributed by atoms with Gasteiger partial charge in [-0.15, -0.1) is 0 Å². The number of nitrogens with zero attached hydrogens (tertiary/aromatic N) is 2. The molecular formula is C27H32ClN5O4. The molecule has 2 aromatic rings. The van der Waals surface area contributed by atoms with Crippen molar-refractivity contribution in [2.45, 2.75) is 63.5 Å². The Kier molecular flexibility index (Phi) is 7.04. The van der Waals surface area contributed by atoms with E-state index in [2.05, 4.69) is 21.7 Å². The van der Waals surface area contributed by atoms with Crippen molar-refractivity contribution in [1.82, 2.24) is 20.5 Å². The van der Waals surface area contributed by atoms with Gasteiger partial charge in [0, 0.05) is 29.9 Å². The van der Waals surface area contributed by atoms with Crippen LogP contribution in [0.4, 0.5) is 0 Å². The molecule has 10 heteroatoms. The minimum Gasteiger partial charge on any atom is -0.495 e. The maximum Gasteiger partial charge on any atom is 0.271 e. The van der Waals surface area contributed by atoms with Crippen LogP contribution in [-0.2, 0) is 9.59 Å². The third-order valence-corrected chi connectivity index (χ3v) is 8.68. The number of carbonyl (C=O) groups is 3. The fourth-order valence-electron chi connectivity index (χ4n) is 6.31. The van der Waals surface area contributed by atoms with Crippen LogP contribution in [-0.4, -0.2) is 59.9 Å². The number of rotatable bonds is 6. The molecule has 3 heterocycles. The predicted octanol–water partition coefficient (Wildman–Crippen LogP) is 3.53. The minimum atomic E-state index is -0.791. The first-order valence-corrected chi connectivity index (χ1v) is 13.4. The predicted molar refractivity (Wildman–Crippen MR) is 138 cm³/mol. The fraction of sp³-hybridized carbons (Fsp3) is 0.556. The number of amides is 3. The van der Waals surface area contributed by atoms with Gasteiger partial charge in [0.05, 0.1) is 18.2 Å². The van der Waals surface area contributed by atoms with E-state index in [0.29, 0.717) is 53.3 Å². The number of nitriles is 1. The number of carbonyl (C=O) groups excluding carboxylic acids is 3. The van der Waals surface area contributed by atoms with Gasteiger partial charge in [0.25, 0.3) is 5.91 Å². The second-order valence-corrected chi connectivity index (χ2v) is 11.0. The number of H-pyrrole nitrogens is 1. The van der Waals surface area contributed by atoms with Crippen LogP contribution < -0.4 is 15.4 Å². The zero-order valence-electron chi connectivity index (χ0n) is 20.9. The summed E-state index contributed by atoms with van der Waals surface area (Å²) in [6.07, 6.45) is 6.75. The molecule has 2 saturated heterocycles. The molecular weight excluding hydrogens is 494 g/mol. The van der Waals surface area contributed by atoms with Gasteiger partial charge in [0.2, 0.25) is 11.8 Å². The van der Waals surface area contributed by atoms with Gasteiger partial charge in [-0.1, -0.05) is 30.9 Å². The van der Waals surface area contributed by atoms with E-state index in [1.54, 1.807) is 17.0 Å². The Morgan fingerprint density at radius 1 is 1.32 bits per heavy atom. The van der Waals surface area contributed by atoms with Crippen LogP contribution in [0.3, 0.4) is 0 Å². The lowest BCUT2D eigenvalue weighted by Crippen LogP contribution is -2.49. The van der Waals surface area contributed by atoms with Gasteiger partial charge in [-0.25, -0.2) is 0 Å². The Balaban J connectivity index is 1.39. The summed E-state index contributed by atoms with van der Waals surface area (Å²) in [5, 5.41) is 16.4. The standard InChI is InChI=1S/C27H32ClN5O4/c1-37-22-6-5-19-18(23(22)28)12-20(32-19)26(36)33-15-27(8-3-2-4-9-27)13-21(33)25(35)31-17(14-29)11-16-7-10-30-24(16)34/h5-6,12,16-17,21,32H,2-4,7-11,13,15H2,1H3,(H,30,34)(H,31,35)/t16-,17?,21?/m0/s1. The van der Waals surface area contributed by atoms with Crippen molar-refractivity contribution in [1.29, 1.82) is 5.26 Å². The highest BCUT2D eigenvalue weighted by atomic mass is 35.5. The molecule has 1 aromatic heterocycles. The number of aromatic nitrogens is 1. The van der Waals surface area contributed by atoms with E-state index in [-0.39, 0.29) is 35.5 Å². The average Bonchev–Trinajstić information content (AvgIpc) is 3.62. The highest BCUT2D eigenvalue weighted by molar-refractivity contribution is 6.37. The van der Waals surface area contributed by atoms with Gasteiger partial charge in [-0.3, -0.25) is 14.4 Å². The number of ether oxygens (including phenoxy) is 1. The molecule has 3 N–H and O–H groups in total. The van der Waals surface area contributed by atoms with Gasteiger partial charge in [-0.2, -0.15) is 5.26 Å². The zero-order valence-corrected chi connectivity index (χ0v) is 21.7. The van der Waals surface area contributed by atoms with Gasteiger partial charge < -0.3 is 25.3 Å². The molecule has 1 saturated carbocycles. The lowest BCUT2D eigenvalue weighted by molar-refractivity contribution is -0.126. The molecule has 2 unspecified atom stereocenters. The third-order valence-electron chi connectivity index (χ3n) is 8.29. The van der Waals surface area contributed by atoms with Crippen molar-refractivity contribution in [3.8, 4) is 11.8 Å². The molecule has 0 radical (unpaired) electrons. The second-order valence-electron chi connectivity index (χ2n) is 10.6. The summed E-state index contributed by atoms with van der Waals surface area (Å²) in [4.78, 5) is 44.2. The Hall–Kier alpha value is -3.25. The molecule has 1 aromatic carbocycles. The largest absolute Gasteiger partial charge is 0.495 e. The summed E-state index contributed by atoms with van der Waals surface area (Å²) in [5.74, 6) is -0.453. The van der Waals surface area contributed by atoms with Crippen molar-refractivity contribution in [2.24, 2.45) is 11.3 Å². The number of aromatic amines is 1. The van der Waals surface area contributed by atoms with Crippen LogP contribution in [0.1, 0.15) is 61.9 Å². The summed E-state index contributed by atoms with van der Waals surface area (Å²) >= 11 is 6.48. The molecule has 3 atom stereocenters. The lowest BCUT2D eigenvalue weighted by atomic mass is 9.72. The average molecular weight is 526 g/mol. The molecule has 196 valence electrons. The Morgan fingerprint density at radius 3 is 2.78 bits per heavy atom. The Bertz CT molecular complexity index is 1260. The monoisotopic (exact) mass is 525 g/mol. The third kappa shape index (κ3) is 4.87. The summed E-state index contributed by atoms with van der Waals surface area (Å²) < 4.78 is 5.30. The van der Waals surface area contributed by atoms with Gasteiger partial charge in [-0.05, 0) is 55.7 Å². The van der Waals surface area contributed by atoms with E-state index >= 15 is 0 Å². The number of likely N-dealkylation sites (tertiary alicyclic amines) is 1. The molecule has 1 spiro atoms. The number of nitrogens with one attached hydrogen (secondary N) is 3. The number of halogens is 1. The first-order valence-electron chi connectivity index (χ1n) is 13.0. The fourth-order valence-corrected chi connectivity index (χ4v) is 6.61. The van der Waals surface area contributed by atoms with Gasteiger partial charge >= 0.3 is 0 Å². The smallest absolute Gasteiger partial charge is 0.271 e. The number of fused-ring (bicyclic) bond motifs is 1. The van der Waals surface area contributed by atoms with Gasteiger partial charge in [0.15, 0.2) is 0 Å². The van der Waals surface area contributed by atoms with Gasteiger partial charge in [0.1, 0.15) is 23.5 Å². The first-order chi connectivity index (χ1) is 17.8. The SMILES string of the molecule is COc1ccc2[nH]c(C(=O)N3CC4(CCCCC4)CC3C(=O)NC(C#N)C[C@@H]3CCNC3=O)cc2c1Cl. The molecule has 1 aliphatic carbocycles. The van der Waals surface area contributed by atoms with Crippen molar-refractivity contribution >= 4 is 40.2 Å². The molecule has 2 aliphatic heterocycles. The Labute approximate surface area is 220 Å². The van der Waals surface area contributed by atoms with Crippen molar-refractivity contribution in [2.75, 3.05) is 20.2 Å².